The Morgan fingerprint density at radius 3 is 2.60 bits per heavy atom. The Hall–Kier alpha value is -1.84. The maximum absolute atomic E-state index is 10.5. The van der Waals surface area contributed by atoms with Crippen LogP contribution in [0.1, 0.15) is 18.9 Å². The molecule has 0 saturated heterocycles. The molecular formula is C11H13NO3. The van der Waals surface area contributed by atoms with Crippen LogP contribution < -0.4 is 0 Å². The highest BCUT2D eigenvalue weighted by molar-refractivity contribution is 6.00. The molecule has 0 unspecified atom stereocenters. The molecule has 0 atom stereocenters. The summed E-state index contributed by atoms with van der Waals surface area (Å²) >= 11 is 0. The molecule has 0 spiro atoms. The van der Waals surface area contributed by atoms with Gasteiger partial charge in [-0.1, -0.05) is 35.5 Å². The predicted octanol–water partition coefficient (Wildman–Crippen LogP) is 1.82. The first-order chi connectivity index (χ1) is 7.24. The van der Waals surface area contributed by atoms with Gasteiger partial charge in [-0.2, -0.15) is 0 Å². The van der Waals surface area contributed by atoms with Gasteiger partial charge in [0, 0.05) is 13.3 Å². The molecule has 1 aromatic carbocycles. The summed E-state index contributed by atoms with van der Waals surface area (Å²) < 4.78 is 4.76. The van der Waals surface area contributed by atoms with Crippen molar-refractivity contribution in [1.29, 1.82) is 0 Å². The SMILES string of the molecule is CC(=O)OCC/C(=N\O)c1ccccc1. The van der Waals surface area contributed by atoms with Crippen LogP contribution in [0.5, 0.6) is 0 Å². The van der Waals surface area contributed by atoms with Gasteiger partial charge in [0.15, 0.2) is 0 Å². The summed E-state index contributed by atoms with van der Waals surface area (Å²) in [6, 6.07) is 9.26. The van der Waals surface area contributed by atoms with Gasteiger partial charge in [0.25, 0.3) is 0 Å². The standard InChI is InChI=1S/C11H13NO3/c1-9(13)15-8-7-11(12-14)10-5-3-2-4-6-10/h2-6,14H,7-8H2,1H3/b12-11+. The van der Waals surface area contributed by atoms with E-state index in [9.17, 15) is 4.79 Å². The van der Waals surface area contributed by atoms with Crippen LogP contribution in [0.4, 0.5) is 0 Å². The summed E-state index contributed by atoms with van der Waals surface area (Å²) in [5, 5.41) is 12.0. The summed E-state index contributed by atoms with van der Waals surface area (Å²) in [6.45, 7) is 1.57. The molecule has 4 heteroatoms. The molecule has 15 heavy (non-hydrogen) atoms. The van der Waals surface area contributed by atoms with E-state index in [1.165, 1.54) is 6.92 Å². The fourth-order valence-corrected chi connectivity index (χ4v) is 1.17. The smallest absolute Gasteiger partial charge is 0.302 e. The molecule has 1 N–H and O–H groups in total. The van der Waals surface area contributed by atoms with Crippen molar-refractivity contribution in [2.24, 2.45) is 5.16 Å². The van der Waals surface area contributed by atoms with E-state index < -0.39 is 0 Å². The number of carbonyl (C=O) groups is 1. The fraction of sp³-hybridized carbons (Fsp3) is 0.273. The molecule has 1 aromatic rings. The lowest BCUT2D eigenvalue weighted by Gasteiger charge is -2.04. The van der Waals surface area contributed by atoms with Crippen LogP contribution in [0, 0.1) is 0 Å². The number of carbonyl (C=O) groups excluding carboxylic acids is 1. The maximum Gasteiger partial charge on any atom is 0.302 e. The molecule has 0 fully saturated rings. The summed E-state index contributed by atoms with van der Waals surface area (Å²) in [5.41, 5.74) is 1.34. The zero-order valence-corrected chi connectivity index (χ0v) is 8.51. The fourth-order valence-electron chi connectivity index (χ4n) is 1.17. The van der Waals surface area contributed by atoms with Crippen LogP contribution >= 0.6 is 0 Å². The van der Waals surface area contributed by atoms with E-state index in [1.807, 2.05) is 30.3 Å². The Bertz CT molecular complexity index is 346. The van der Waals surface area contributed by atoms with Crippen LogP contribution in [0.25, 0.3) is 0 Å². The third kappa shape index (κ3) is 3.81. The predicted molar refractivity (Wildman–Crippen MR) is 56.0 cm³/mol. The van der Waals surface area contributed by atoms with Crippen LogP contribution in [0.2, 0.25) is 0 Å². The minimum absolute atomic E-state index is 0.226. The number of hydrogen-bond donors (Lipinski definition) is 1. The van der Waals surface area contributed by atoms with Gasteiger partial charge in [-0.05, 0) is 5.56 Å². The van der Waals surface area contributed by atoms with Crippen molar-refractivity contribution in [2.45, 2.75) is 13.3 Å². The van der Waals surface area contributed by atoms with Crippen LogP contribution in [-0.4, -0.2) is 23.5 Å². The zero-order valence-electron chi connectivity index (χ0n) is 8.51. The van der Waals surface area contributed by atoms with Gasteiger partial charge < -0.3 is 9.94 Å². The molecule has 0 aliphatic rings. The highest BCUT2D eigenvalue weighted by atomic mass is 16.5. The molecule has 0 aromatic heterocycles. The number of ether oxygens (including phenoxy) is 1. The lowest BCUT2D eigenvalue weighted by molar-refractivity contribution is -0.140. The third-order valence-corrected chi connectivity index (χ3v) is 1.87. The summed E-state index contributed by atoms with van der Waals surface area (Å²) in [6.07, 6.45) is 0.403. The van der Waals surface area contributed by atoms with Crippen molar-refractivity contribution >= 4 is 11.7 Å². The molecule has 0 aliphatic heterocycles. The van der Waals surface area contributed by atoms with Crippen molar-refractivity contribution in [3.63, 3.8) is 0 Å². The number of esters is 1. The average Bonchev–Trinajstić information content (AvgIpc) is 2.25. The lowest BCUT2D eigenvalue weighted by atomic mass is 10.1. The number of rotatable bonds is 4. The first-order valence-electron chi connectivity index (χ1n) is 4.63. The quantitative estimate of drug-likeness (QED) is 0.354. The minimum atomic E-state index is -0.333. The second kappa shape index (κ2) is 5.80. The molecule has 0 heterocycles. The van der Waals surface area contributed by atoms with Crippen LogP contribution in [0.15, 0.2) is 35.5 Å². The molecule has 0 radical (unpaired) electrons. The first-order valence-corrected chi connectivity index (χ1v) is 4.63. The molecule has 80 valence electrons. The Balaban J connectivity index is 2.55. The van der Waals surface area contributed by atoms with Gasteiger partial charge in [0.1, 0.15) is 0 Å². The van der Waals surface area contributed by atoms with Gasteiger partial charge >= 0.3 is 5.97 Å². The van der Waals surface area contributed by atoms with Gasteiger partial charge in [0.05, 0.1) is 12.3 Å². The van der Waals surface area contributed by atoms with Crippen LogP contribution in [-0.2, 0) is 9.53 Å². The van der Waals surface area contributed by atoms with E-state index in [0.717, 1.165) is 5.56 Å². The van der Waals surface area contributed by atoms with E-state index in [4.69, 9.17) is 9.94 Å². The first kappa shape index (κ1) is 11.2. The van der Waals surface area contributed by atoms with Crippen molar-refractivity contribution in [1.82, 2.24) is 0 Å². The summed E-state index contributed by atoms with van der Waals surface area (Å²) in [4.78, 5) is 10.5. The Labute approximate surface area is 88.2 Å². The third-order valence-electron chi connectivity index (χ3n) is 1.87. The van der Waals surface area contributed by atoms with E-state index in [2.05, 4.69) is 5.16 Å². The van der Waals surface area contributed by atoms with Crippen LogP contribution in [0.3, 0.4) is 0 Å². The Morgan fingerprint density at radius 2 is 2.07 bits per heavy atom. The number of benzene rings is 1. The highest BCUT2D eigenvalue weighted by Crippen LogP contribution is 2.04. The monoisotopic (exact) mass is 207 g/mol. The largest absolute Gasteiger partial charge is 0.465 e. The highest BCUT2D eigenvalue weighted by Gasteiger charge is 2.04. The van der Waals surface area contributed by atoms with Crippen molar-refractivity contribution in [2.75, 3.05) is 6.61 Å². The maximum atomic E-state index is 10.5. The topological polar surface area (TPSA) is 58.9 Å². The number of hydrogen-bond acceptors (Lipinski definition) is 4. The zero-order chi connectivity index (χ0) is 11.1. The van der Waals surface area contributed by atoms with Crippen molar-refractivity contribution in [3.05, 3.63) is 35.9 Å². The minimum Gasteiger partial charge on any atom is -0.465 e. The van der Waals surface area contributed by atoms with E-state index in [1.54, 1.807) is 0 Å². The van der Waals surface area contributed by atoms with E-state index in [0.29, 0.717) is 12.1 Å². The number of oxime groups is 1. The molecule has 0 amide bonds. The van der Waals surface area contributed by atoms with E-state index in [-0.39, 0.29) is 12.6 Å². The van der Waals surface area contributed by atoms with Crippen molar-refractivity contribution < 1.29 is 14.7 Å². The number of nitrogens with zero attached hydrogens (tertiary/aromatic N) is 1. The second-order valence-electron chi connectivity index (χ2n) is 3.00. The molecule has 0 saturated carbocycles. The van der Waals surface area contributed by atoms with Gasteiger partial charge in [-0.3, -0.25) is 4.79 Å². The van der Waals surface area contributed by atoms with Gasteiger partial charge in [0.2, 0.25) is 0 Å². The summed E-state index contributed by atoms with van der Waals surface area (Å²) in [5.74, 6) is -0.333. The average molecular weight is 207 g/mol. The molecule has 4 nitrogen and oxygen atoms in total. The van der Waals surface area contributed by atoms with Crippen molar-refractivity contribution in [3.8, 4) is 0 Å². The summed E-state index contributed by atoms with van der Waals surface area (Å²) in [7, 11) is 0. The molecular weight excluding hydrogens is 194 g/mol. The normalized spacial score (nSPS) is 11.1. The van der Waals surface area contributed by atoms with E-state index >= 15 is 0 Å². The van der Waals surface area contributed by atoms with Gasteiger partial charge in [-0.25, -0.2) is 0 Å². The Morgan fingerprint density at radius 1 is 1.40 bits per heavy atom. The Kier molecular flexibility index (Phi) is 4.34. The molecule has 0 bridgehead atoms. The molecule has 1 rings (SSSR count). The van der Waals surface area contributed by atoms with Gasteiger partial charge in [-0.15, -0.1) is 0 Å². The second-order valence-corrected chi connectivity index (χ2v) is 3.00. The molecule has 0 aliphatic carbocycles. The lowest BCUT2D eigenvalue weighted by Crippen LogP contribution is -2.08.